The highest BCUT2D eigenvalue weighted by atomic mass is 19.3. The Kier molecular flexibility index (Phi) is 5.04. The van der Waals surface area contributed by atoms with Crippen LogP contribution in [0.4, 0.5) is 8.78 Å². The second-order valence-corrected chi connectivity index (χ2v) is 6.99. The number of hydrogen-bond donors (Lipinski definition) is 3. The first-order chi connectivity index (χ1) is 14.4. The normalized spacial score (nSPS) is 16.6. The zero-order valence-electron chi connectivity index (χ0n) is 15.9. The predicted octanol–water partition coefficient (Wildman–Crippen LogP) is 1.38. The largest absolute Gasteiger partial charge is 0.338 e. The van der Waals surface area contributed by atoms with Gasteiger partial charge < -0.3 is 16.2 Å². The lowest BCUT2D eigenvalue weighted by Crippen LogP contribution is -2.42. The third-order valence-corrected chi connectivity index (χ3v) is 5.09. The number of piperidine rings is 1. The van der Waals surface area contributed by atoms with Gasteiger partial charge in [0.15, 0.2) is 5.84 Å². The van der Waals surface area contributed by atoms with Crippen LogP contribution < -0.4 is 17.1 Å². The van der Waals surface area contributed by atoms with E-state index in [-0.39, 0.29) is 37.7 Å². The summed E-state index contributed by atoms with van der Waals surface area (Å²) in [5, 5.41) is 4.26. The minimum Gasteiger partial charge on any atom is -0.338 e. The second-order valence-electron chi connectivity index (χ2n) is 6.99. The van der Waals surface area contributed by atoms with Crippen molar-refractivity contribution >= 4 is 22.8 Å². The van der Waals surface area contributed by atoms with Crippen LogP contribution in [0.25, 0.3) is 16.7 Å². The average molecular weight is 414 g/mol. The van der Waals surface area contributed by atoms with Gasteiger partial charge in [-0.05, 0) is 24.3 Å². The van der Waals surface area contributed by atoms with Crippen LogP contribution in [-0.4, -0.2) is 50.2 Å². The number of aromatic nitrogens is 3. The van der Waals surface area contributed by atoms with E-state index in [0.29, 0.717) is 16.9 Å². The Morgan fingerprint density at radius 1 is 1.17 bits per heavy atom. The number of pyridine rings is 2. The first-order valence-corrected chi connectivity index (χ1v) is 9.27. The number of alkyl halides is 2. The number of nitrogens with zero attached hydrogens (tertiary/aromatic N) is 5. The van der Waals surface area contributed by atoms with Crippen molar-refractivity contribution in [3.8, 4) is 5.69 Å². The Morgan fingerprint density at radius 2 is 1.93 bits per heavy atom. The summed E-state index contributed by atoms with van der Waals surface area (Å²) >= 11 is 0. The van der Waals surface area contributed by atoms with Gasteiger partial charge in [-0.15, -0.1) is 0 Å². The van der Waals surface area contributed by atoms with E-state index in [1.54, 1.807) is 24.4 Å². The average Bonchev–Trinajstić information content (AvgIpc) is 3.18. The Labute approximate surface area is 170 Å². The summed E-state index contributed by atoms with van der Waals surface area (Å²) in [4.78, 5) is 22.8. The van der Waals surface area contributed by atoms with Gasteiger partial charge in [0.05, 0.1) is 17.4 Å². The van der Waals surface area contributed by atoms with Gasteiger partial charge in [-0.1, -0.05) is 0 Å². The maximum atomic E-state index is 13.3. The van der Waals surface area contributed by atoms with Crippen LogP contribution in [0.15, 0.2) is 48.0 Å². The molecule has 1 fully saturated rings. The number of rotatable bonds is 3. The van der Waals surface area contributed by atoms with Crippen molar-refractivity contribution in [2.24, 2.45) is 16.8 Å². The fraction of sp³-hybridized carbons (Fsp3) is 0.263. The van der Waals surface area contributed by atoms with Gasteiger partial charge in [-0.25, -0.2) is 19.6 Å². The first kappa shape index (κ1) is 19.7. The maximum Gasteiger partial charge on any atom is 0.255 e. The SMILES string of the molecule is N/N=C(\NN)c1ccc(-n2ccc3cc(C(=O)N4CCC(F)(F)CC4)cnc32)cn1. The Hall–Kier alpha value is -3.60. The van der Waals surface area contributed by atoms with Gasteiger partial charge in [0, 0.05) is 43.7 Å². The molecule has 0 radical (unpaired) electrons. The van der Waals surface area contributed by atoms with Gasteiger partial charge in [0.2, 0.25) is 0 Å². The van der Waals surface area contributed by atoms with Crippen molar-refractivity contribution in [2.45, 2.75) is 18.8 Å². The molecule has 0 spiro atoms. The van der Waals surface area contributed by atoms with Crippen molar-refractivity contribution in [3.05, 3.63) is 54.1 Å². The summed E-state index contributed by atoms with van der Waals surface area (Å²) in [6, 6.07) is 7.05. The summed E-state index contributed by atoms with van der Waals surface area (Å²) in [7, 11) is 0. The number of hydrogen-bond acceptors (Lipinski definition) is 6. The molecule has 0 unspecified atom stereocenters. The van der Waals surface area contributed by atoms with E-state index in [2.05, 4.69) is 20.5 Å². The van der Waals surface area contributed by atoms with E-state index in [1.807, 2.05) is 16.8 Å². The van der Waals surface area contributed by atoms with Crippen molar-refractivity contribution < 1.29 is 13.6 Å². The molecule has 0 saturated carbocycles. The molecule has 0 aromatic carbocycles. The lowest BCUT2D eigenvalue weighted by atomic mass is 10.1. The van der Waals surface area contributed by atoms with E-state index in [9.17, 15) is 13.6 Å². The summed E-state index contributed by atoms with van der Waals surface area (Å²) in [6.07, 6.45) is 4.26. The van der Waals surface area contributed by atoms with Crippen molar-refractivity contribution in [1.82, 2.24) is 24.9 Å². The molecule has 11 heteroatoms. The van der Waals surface area contributed by atoms with Crippen LogP contribution in [0.5, 0.6) is 0 Å². The molecule has 0 aliphatic carbocycles. The molecule has 30 heavy (non-hydrogen) atoms. The molecule has 4 rings (SSSR count). The predicted molar refractivity (Wildman–Crippen MR) is 107 cm³/mol. The molecule has 3 aromatic rings. The molecule has 5 N–H and O–H groups in total. The third-order valence-electron chi connectivity index (χ3n) is 5.09. The zero-order valence-corrected chi connectivity index (χ0v) is 15.9. The lowest BCUT2D eigenvalue weighted by molar-refractivity contribution is -0.0494. The summed E-state index contributed by atoms with van der Waals surface area (Å²) in [5.41, 5.74) is 4.60. The number of amides is 1. The number of halogens is 2. The van der Waals surface area contributed by atoms with Crippen molar-refractivity contribution in [2.75, 3.05) is 13.1 Å². The molecule has 9 nitrogen and oxygen atoms in total. The number of carbonyl (C=O) groups excluding carboxylic acids is 1. The van der Waals surface area contributed by atoms with Crippen LogP contribution >= 0.6 is 0 Å². The van der Waals surface area contributed by atoms with Gasteiger partial charge in [-0.3, -0.25) is 14.3 Å². The van der Waals surface area contributed by atoms with Crippen molar-refractivity contribution in [1.29, 1.82) is 0 Å². The van der Waals surface area contributed by atoms with Crippen LogP contribution in [0.1, 0.15) is 28.9 Å². The highest BCUT2D eigenvalue weighted by Gasteiger charge is 2.35. The highest BCUT2D eigenvalue weighted by molar-refractivity contribution is 5.97. The van der Waals surface area contributed by atoms with Gasteiger partial charge >= 0.3 is 0 Å². The number of nitrogens with one attached hydrogen (secondary N) is 1. The third kappa shape index (κ3) is 3.66. The first-order valence-electron chi connectivity index (χ1n) is 9.27. The number of hydrazone groups is 1. The Balaban J connectivity index is 1.58. The van der Waals surface area contributed by atoms with E-state index < -0.39 is 5.92 Å². The zero-order chi connectivity index (χ0) is 21.3. The topological polar surface area (TPSA) is 127 Å². The number of likely N-dealkylation sites (tertiary alicyclic amines) is 1. The molecular weight excluding hydrogens is 394 g/mol. The second kappa shape index (κ2) is 7.67. The number of hydrazine groups is 1. The molecule has 0 atom stereocenters. The molecule has 4 heterocycles. The molecule has 156 valence electrons. The standard InChI is InChI=1S/C19H20F2N8O/c20-19(21)4-7-28(8-5-19)18(30)13-9-12-3-6-29(17(12)25-10-13)14-1-2-15(24-11-14)16(26-22)27-23/h1-3,6,9-11H,4-5,7-8,22-23H2,(H,26,27). The smallest absolute Gasteiger partial charge is 0.255 e. The lowest BCUT2D eigenvalue weighted by Gasteiger charge is -2.31. The fourth-order valence-corrected chi connectivity index (χ4v) is 3.41. The van der Waals surface area contributed by atoms with Gasteiger partial charge in [-0.2, -0.15) is 5.10 Å². The number of amidine groups is 1. The van der Waals surface area contributed by atoms with Crippen molar-refractivity contribution in [3.63, 3.8) is 0 Å². The van der Waals surface area contributed by atoms with Crippen LogP contribution in [-0.2, 0) is 0 Å². The summed E-state index contributed by atoms with van der Waals surface area (Å²) < 4.78 is 28.5. The molecular formula is C19H20F2N8O. The molecule has 1 amide bonds. The minimum atomic E-state index is -2.70. The molecule has 1 aliphatic heterocycles. The van der Waals surface area contributed by atoms with E-state index in [4.69, 9.17) is 11.7 Å². The minimum absolute atomic E-state index is 0.0364. The van der Waals surface area contributed by atoms with Crippen LogP contribution in [0.3, 0.4) is 0 Å². The summed E-state index contributed by atoms with van der Waals surface area (Å²) in [6.45, 7) is 0.0727. The fourth-order valence-electron chi connectivity index (χ4n) is 3.41. The van der Waals surface area contributed by atoms with Crippen LogP contribution in [0.2, 0.25) is 0 Å². The number of carbonyl (C=O) groups is 1. The summed E-state index contributed by atoms with van der Waals surface area (Å²) in [5.74, 6) is 7.85. The molecule has 3 aromatic heterocycles. The number of nitrogens with two attached hydrogens (primary N) is 2. The van der Waals surface area contributed by atoms with E-state index >= 15 is 0 Å². The molecule has 1 saturated heterocycles. The number of fused-ring (bicyclic) bond motifs is 1. The van der Waals surface area contributed by atoms with Gasteiger partial charge in [0.25, 0.3) is 11.8 Å². The highest BCUT2D eigenvalue weighted by Crippen LogP contribution is 2.28. The Morgan fingerprint density at radius 3 is 2.57 bits per heavy atom. The maximum absolute atomic E-state index is 13.3. The van der Waals surface area contributed by atoms with E-state index in [0.717, 1.165) is 11.1 Å². The van der Waals surface area contributed by atoms with Gasteiger partial charge in [0.1, 0.15) is 11.3 Å². The quantitative estimate of drug-likeness (QED) is 0.257. The molecule has 0 bridgehead atoms. The van der Waals surface area contributed by atoms with Crippen LogP contribution in [0, 0.1) is 0 Å². The Bertz CT molecular complexity index is 1100. The monoisotopic (exact) mass is 414 g/mol. The molecule has 1 aliphatic rings. The van der Waals surface area contributed by atoms with E-state index in [1.165, 1.54) is 11.1 Å².